The van der Waals surface area contributed by atoms with E-state index in [1.54, 1.807) is 6.07 Å². The van der Waals surface area contributed by atoms with E-state index in [0.29, 0.717) is 12.5 Å². The molecular weight excluding hydrogens is 287 g/mol. The van der Waals surface area contributed by atoms with Gasteiger partial charge in [0.2, 0.25) is 0 Å². The van der Waals surface area contributed by atoms with Crippen LogP contribution in [0.5, 0.6) is 5.75 Å². The van der Waals surface area contributed by atoms with E-state index >= 15 is 0 Å². The molecule has 0 aliphatic carbocycles. The number of amides is 1. The number of nitrogens with one attached hydrogen (secondary N) is 1. The maximum Gasteiger partial charge on any atom is 0.255 e. The van der Waals surface area contributed by atoms with Gasteiger partial charge in [0.05, 0.1) is 12.7 Å². The molecule has 0 spiro atoms. The molecule has 1 aliphatic heterocycles. The number of nitrogens with zero attached hydrogens (tertiary/aromatic N) is 1. The highest BCUT2D eigenvalue weighted by Gasteiger charge is 2.19. The maximum atomic E-state index is 13.6. The molecule has 0 bridgehead atoms. The van der Waals surface area contributed by atoms with Gasteiger partial charge in [0.15, 0.2) is 11.6 Å². The van der Waals surface area contributed by atoms with E-state index in [-0.39, 0.29) is 23.8 Å². The van der Waals surface area contributed by atoms with Crippen molar-refractivity contribution in [3.8, 4) is 5.75 Å². The largest absolute Gasteiger partial charge is 0.493 e. The molecule has 22 heavy (non-hydrogen) atoms. The van der Waals surface area contributed by atoms with Gasteiger partial charge in [0.1, 0.15) is 0 Å². The topological polar surface area (TPSA) is 61.8 Å². The van der Waals surface area contributed by atoms with Gasteiger partial charge in [-0.1, -0.05) is 6.07 Å². The van der Waals surface area contributed by atoms with E-state index in [1.807, 2.05) is 0 Å². The first-order chi connectivity index (χ1) is 10.7. The second-order valence-corrected chi connectivity index (χ2v) is 5.54. The number of likely N-dealkylation sites (tertiary alicyclic amines) is 1. The SMILES string of the molecule is COc1c(F)cccc1C(=O)NCCN1CCC(CO)CC1. The predicted molar refractivity (Wildman–Crippen MR) is 81.5 cm³/mol. The number of benzene rings is 1. The zero-order chi connectivity index (χ0) is 15.9. The minimum atomic E-state index is -0.541. The van der Waals surface area contributed by atoms with Crippen LogP contribution in [0.4, 0.5) is 4.39 Å². The number of hydrogen-bond donors (Lipinski definition) is 2. The number of halogens is 1. The molecule has 6 heteroatoms. The first-order valence-corrected chi connectivity index (χ1v) is 7.59. The van der Waals surface area contributed by atoms with Gasteiger partial charge in [0, 0.05) is 19.7 Å². The minimum Gasteiger partial charge on any atom is -0.493 e. The van der Waals surface area contributed by atoms with E-state index in [9.17, 15) is 9.18 Å². The van der Waals surface area contributed by atoms with E-state index in [2.05, 4.69) is 10.2 Å². The number of carbonyl (C=O) groups is 1. The average Bonchev–Trinajstić information content (AvgIpc) is 2.55. The third-order valence-corrected chi connectivity index (χ3v) is 4.09. The number of aliphatic hydroxyl groups excluding tert-OH is 1. The molecule has 1 aromatic carbocycles. The predicted octanol–water partition coefficient (Wildman–Crippen LogP) is 1.27. The Morgan fingerprint density at radius 3 is 2.82 bits per heavy atom. The Labute approximate surface area is 130 Å². The van der Waals surface area contributed by atoms with Gasteiger partial charge >= 0.3 is 0 Å². The third-order valence-electron chi connectivity index (χ3n) is 4.09. The summed E-state index contributed by atoms with van der Waals surface area (Å²) in [4.78, 5) is 14.4. The van der Waals surface area contributed by atoms with Crippen LogP contribution in [-0.4, -0.2) is 55.8 Å². The summed E-state index contributed by atoms with van der Waals surface area (Å²) in [6.07, 6.45) is 1.98. The molecule has 2 N–H and O–H groups in total. The van der Waals surface area contributed by atoms with E-state index in [0.717, 1.165) is 32.5 Å². The van der Waals surface area contributed by atoms with Crippen molar-refractivity contribution >= 4 is 5.91 Å². The second-order valence-electron chi connectivity index (χ2n) is 5.54. The van der Waals surface area contributed by atoms with Crippen molar-refractivity contribution in [1.29, 1.82) is 0 Å². The van der Waals surface area contributed by atoms with Crippen molar-refractivity contribution in [2.75, 3.05) is 39.9 Å². The lowest BCUT2D eigenvalue weighted by molar-refractivity contribution is 0.0935. The van der Waals surface area contributed by atoms with Crippen molar-refractivity contribution in [3.63, 3.8) is 0 Å². The summed E-state index contributed by atoms with van der Waals surface area (Å²) in [7, 11) is 1.35. The first-order valence-electron chi connectivity index (χ1n) is 7.59. The summed E-state index contributed by atoms with van der Waals surface area (Å²) in [6.45, 7) is 3.38. The van der Waals surface area contributed by atoms with Gasteiger partial charge in [-0.05, 0) is 44.0 Å². The highest BCUT2D eigenvalue weighted by Crippen LogP contribution is 2.22. The molecule has 1 saturated heterocycles. The molecular formula is C16H23FN2O3. The molecule has 122 valence electrons. The van der Waals surface area contributed by atoms with Crippen LogP contribution in [0.15, 0.2) is 18.2 Å². The Morgan fingerprint density at radius 2 is 2.18 bits per heavy atom. The highest BCUT2D eigenvalue weighted by molar-refractivity contribution is 5.96. The molecule has 1 heterocycles. The molecule has 0 radical (unpaired) electrons. The van der Waals surface area contributed by atoms with Crippen molar-refractivity contribution in [3.05, 3.63) is 29.6 Å². The number of methoxy groups -OCH3 is 1. The summed E-state index contributed by atoms with van der Waals surface area (Å²) in [6, 6.07) is 4.30. The van der Waals surface area contributed by atoms with E-state index in [1.165, 1.54) is 19.2 Å². The summed E-state index contributed by atoms with van der Waals surface area (Å²) >= 11 is 0. The van der Waals surface area contributed by atoms with Crippen LogP contribution < -0.4 is 10.1 Å². The quantitative estimate of drug-likeness (QED) is 0.831. The number of ether oxygens (including phenoxy) is 1. The smallest absolute Gasteiger partial charge is 0.255 e. The standard InChI is InChI=1S/C16H23FN2O3/c1-22-15-13(3-2-4-14(15)17)16(21)18-7-10-19-8-5-12(11-20)6-9-19/h2-4,12,20H,5-11H2,1H3,(H,18,21). The van der Waals surface area contributed by atoms with Gasteiger partial charge < -0.3 is 20.1 Å². The van der Waals surface area contributed by atoms with Crippen molar-refractivity contribution in [1.82, 2.24) is 10.2 Å². The third kappa shape index (κ3) is 4.18. The summed E-state index contributed by atoms with van der Waals surface area (Å²) in [5, 5.41) is 11.9. The van der Waals surface area contributed by atoms with Crippen molar-refractivity contribution in [2.24, 2.45) is 5.92 Å². The van der Waals surface area contributed by atoms with Crippen LogP contribution in [0.3, 0.4) is 0 Å². The van der Waals surface area contributed by atoms with Gasteiger partial charge in [0.25, 0.3) is 5.91 Å². The average molecular weight is 310 g/mol. The number of para-hydroxylation sites is 1. The molecule has 0 unspecified atom stereocenters. The fourth-order valence-electron chi connectivity index (χ4n) is 2.71. The molecule has 1 amide bonds. The van der Waals surface area contributed by atoms with E-state index in [4.69, 9.17) is 9.84 Å². The lowest BCUT2D eigenvalue weighted by Gasteiger charge is -2.30. The van der Waals surface area contributed by atoms with Crippen LogP contribution in [0.1, 0.15) is 23.2 Å². The molecule has 0 aromatic heterocycles. The lowest BCUT2D eigenvalue weighted by Crippen LogP contribution is -2.40. The summed E-state index contributed by atoms with van der Waals surface area (Å²) in [5.74, 6) is -0.492. The monoisotopic (exact) mass is 310 g/mol. The molecule has 0 saturated carbocycles. The van der Waals surface area contributed by atoms with Crippen LogP contribution in [0.2, 0.25) is 0 Å². The number of aliphatic hydroxyl groups is 1. The molecule has 2 rings (SSSR count). The van der Waals surface area contributed by atoms with Gasteiger partial charge in [-0.3, -0.25) is 4.79 Å². The number of carbonyl (C=O) groups excluding carboxylic acids is 1. The van der Waals surface area contributed by atoms with Gasteiger partial charge in [-0.2, -0.15) is 0 Å². The van der Waals surface area contributed by atoms with Gasteiger partial charge in [-0.15, -0.1) is 0 Å². The zero-order valence-corrected chi connectivity index (χ0v) is 12.8. The van der Waals surface area contributed by atoms with Gasteiger partial charge in [-0.25, -0.2) is 4.39 Å². The lowest BCUT2D eigenvalue weighted by atomic mass is 9.98. The summed E-state index contributed by atoms with van der Waals surface area (Å²) in [5.41, 5.74) is 0.210. The molecule has 5 nitrogen and oxygen atoms in total. The Bertz CT molecular complexity index is 502. The number of rotatable bonds is 6. The fourth-order valence-corrected chi connectivity index (χ4v) is 2.71. The fraction of sp³-hybridized carbons (Fsp3) is 0.562. The number of piperidine rings is 1. The summed E-state index contributed by atoms with van der Waals surface area (Å²) < 4.78 is 18.5. The Hall–Kier alpha value is -1.66. The Morgan fingerprint density at radius 1 is 1.45 bits per heavy atom. The molecule has 0 atom stereocenters. The zero-order valence-electron chi connectivity index (χ0n) is 12.8. The Kier molecular flexibility index (Phi) is 6.15. The normalized spacial score (nSPS) is 16.5. The molecule has 1 aromatic rings. The molecule has 1 aliphatic rings. The first kappa shape index (κ1) is 16.7. The van der Waals surface area contributed by atoms with Crippen LogP contribution in [0, 0.1) is 11.7 Å². The maximum absolute atomic E-state index is 13.6. The van der Waals surface area contributed by atoms with Crippen LogP contribution in [0.25, 0.3) is 0 Å². The van der Waals surface area contributed by atoms with Crippen LogP contribution in [-0.2, 0) is 0 Å². The van der Waals surface area contributed by atoms with Crippen molar-refractivity contribution in [2.45, 2.75) is 12.8 Å². The van der Waals surface area contributed by atoms with Crippen LogP contribution >= 0.6 is 0 Å². The van der Waals surface area contributed by atoms with E-state index < -0.39 is 5.82 Å². The second kappa shape index (κ2) is 8.10. The van der Waals surface area contributed by atoms with Crippen molar-refractivity contribution < 1.29 is 19.0 Å². The Balaban J connectivity index is 1.80. The molecule has 1 fully saturated rings. The number of hydrogen-bond acceptors (Lipinski definition) is 4. The minimum absolute atomic E-state index is 0.0243. The highest BCUT2D eigenvalue weighted by atomic mass is 19.1.